The van der Waals surface area contributed by atoms with Gasteiger partial charge in [0.2, 0.25) is 0 Å². The van der Waals surface area contributed by atoms with E-state index in [-0.39, 0.29) is 10.6 Å². The van der Waals surface area contributed by atoms with Gasteiger partial charge in [0.25, 0.3) is 5.91 Å². The Morgan fingerprint density at radius 2 is 1.48 bits per heavy atom. The molecule has 128 valence electrons. The van der Waals surface area contributed by atoms with Crippen LogP contribution in [0.1, 0.15) is 16.8 Å². The predicted molar refractivity (Wildman–Crippen MR) is 71.1 cm³/mol. The summed E-state index contributed by atoms with van der Waals surface area (Å²) in [6.07, 6.45) is -10.7. The van der Waals surface area contributed by atoms with Gasteiger partial charge in [-0.3, -0.25) is 4.79 Å². The van der Waals surface area contributed by atoms with E-state index in [2.05, 4.69) is 0 Å². The molecule has 1 heterocycles. The van der Waals surface area contributed by atoms with Crippen molar-refractivity contribution in [2.75, 3.05) is 13.1 Å². The highest BCUT2D eigenvalue weighted by Crippen LogP contribution is 2.41. The Hall–Kier alpha value is -1.44. The molecule has 1 saturated heterocycles. The van der Waals surface area contributed by atoms with Crippen LogP contribution in [-0.2, 0) is 0 Å². The summed E-state index contributed by atoms with van der Waals surface area (Å²) in [5, 5.41) is -0.0183. The molecule has 1 aromatic carbocycles. The maximum atomic E-state index is 12.9. The van der Waals surface area contributed by atoms with Gasteiger partial charge in [0.15, 0.2) is 0 Å². The Morgan fingerprint density at radius 3 is 1.91 bits per heavy atom. The molecule has 0 unspecified atom stereocenters. The van der Waals surface area contributed by atoms with Gasteiger partial charge in [-0.1, -0.05) is 23.7 Å². The van der Waals surface area contributed by atoms with Gasteiger partial charge in [0, 0.05) is 13.1 Å². The molecule has 0 N–H and O–H groups in total. The number of hydrogen-bond acceptors (Lipinski definition) is 1. The lowest BCUT2D eigenvalue weighted by atomic mass is 9.88. The topological polar surface area (TPSA) is 20.3 Å². The van der Waals surface area contributed by atoms with Gasteiger partial charge < -0.3 is 4.90 Å². The highest BCUT2D eigenvalue weighted by atomic mass is 35.5. The maximum absolute atomic E-state index is 12.9. The molecule has 1 fully saturated rings. The van der Waals surface area contributed by atoms with Gasteiger partial charge in [0.1, 0.15) is 0 Å². The van der Waals surface area contributed by atoms with Crippen LogP contribution in [-0.4, -0.2) is 36.2 Å². The Kier molecular flexibility index (Phi) is 4.84. The van der Waals surface area contributed by atoms with Crippen LogP contribution in [0.4, 0.5) is 26.3 Å². The molecule has 0 aliphatic carbocycles. The smallest absolute Gasteiger partial charge is 0.337 e. The standard InChI is InChI=1S/C14H12ClF6NO/c15-11-4-2-1-3-10(11)12(23)22-6-8(13(16,17)18)5-9(7-22)14(19,20)21/h1-4,8-9H,5-7H2/t8-,9-/m0/s1. The predicted octanol–water partition coefficient (Wildman–Crippen LogP) is 4.54. The van der Waals surface area contributed by atoms with E-state index in [1.54, 1.807) is 0 Å². The number of alkyl halides is 6. The van der Waals surface area contributed by atoms with E-state index >= 15 is 0 Å². The second-order valence-corrected chi connectivity index (χ2v) is 5.81. The van der Waals surface area contributed by atoms with Crippen molar-refractivity contribution < 1.29 is 31.1 Å². The molecule has 2 nitrogen and oxygen atoms in total. The third kappa shape index (κ3) is 4.10. The van der Waals surface area contributed by atoms with E-state index in [9.17, 15) is 31.1 Å². The van der Waals surface area contributed by atoms with E-state index in [1.165, 1.54) is 24.3 Å². The Bertz CT molecular complexity index is 563. The van der Waals surface area contributed by atoms with Crippen molar-refractivity contribution in [2.45, 2.75) is 18.8 Å². The van der Waals surface area contributed by atoms with Gasteiger partial charge >= 0.3 is 12.4 Å². The first-order valence-corrected chi connectivity index (χ1v) is 7.05. The van der Waals surface area contributed by atoms with Gasteiger partial charge in [-0.25, -0.2) is 0 Å². The molecule has 0 aromatic heterocycles. The number of nitrogens with zero attached hydrogens (tertiary/aromatic N) is 1. The average molecular weight is 360 g/mol. The SMILES string of the molecule is O=C(c1ccccc1Cl)N1C[C@@H](C(F)(F)F)C[C@H](C(F)(F)F)C1. The zero-order chi connectivity index (χ0) is 17.4. The zero-order valence-corrected chi connectivity index (χ0v) is 12.3. The third-order valence-electron chi connectivity index (χ3n) is 3.77. The van der Waals surface area contributed by atoms with Crippen molar-refractivity contribution in [1.82, 2.24) is 4.90 Å². The fourth-order valence-electron chi connectivity index (χ4n) is 2.54. The van der Waals surface area contributed by atoms with E-state index in [0.717, 1.165) is 0 Å². The van der Waals surface area contributed by atoms with Crippen molar-refractivity contribution in [3.8, 4) is 0 Å². The molecular formula is C14H12ClF6NO. The number of benzene rings is 1. The average Bonchev–Trinajstić information content (AvgIpc) is 2.45. The molecule has 0 spiro atoms. The molecule has 1 amide bonds. The van der Waals surface area contributed by atoms with E-state index in [0.29, 0.717) is 4.90 Å². The minimum atomic E-state index is -4.80. The minimum absolute atomic E-state index is 0.0183. The van der Waals surface area contributed by atoms with Crippen molar-refractivity contribution >= 4 is 17.5 Å². The molecule has 23 heavy (non-hydrogen) atoms. The number of hydrogen-bond donors (Lipinski definition) is 0. The number of halogens is 7. The van der Waals surface area contributed by atoms with Crippen molar-refractivity contribution in [3.63, 3.8) is 0 Å². The summed E-state index contributed by atoms with van der Waals surface area (Å²) in [7, 11) is 0. The summed E-state index contributed by atoms with van der Waals surface area (Å²) in [5.74, 6) is -5.36. The van der Waals surface area contributed by atoms with Crippen molar-refractivity contribution in [1.29, 1.82) is 0 Å². The number of piperidine rings is 1. The second-order valence-electron chi connectivity index (χ2n) is 5.40. The summed E-state index contributed by atoms with van der Waals surface area (Å²) in [5.41, 5.74) is -0.113. The first kappa shape index (κ1) is 17.9. The molecule has 1 aromatic rings. The van der Waals surface area contributed by atoms with Gasteiger partial charge in [-0.05, 0) is 18.6 Å². The number of rotatable bonds is 1. The van der Waals surface area contributed by atoms with Crippen LogP contribution >= 0.6 is 11.6 Å². The Morgan fingerprint density at radius 1 is 1.00 bits per heavy atom. The second kappa shape index (κ2) is 6.22. The van der Waals surface area contributed by atoms with Gasteiger partial charge in [0.05, 0.1) is 22.4 Å². The lowest BCUT2D eigenvalue weighted by Gasteiger charge is -2.39. The van der Waals surface area contributed by atoms with Crippen LogP contribution in [0.3, 0.4) is 0 Å². The summed E-state index contributed by atoms with van der Waals surface area (Å²) < 4.78 is 77.3. The molecule has 0 radical (unpaired) electrons. The van der Waals surface area contributed by atoms with Crippen LogP contribution in [0.5, 0.6) is 0 Å². The zero-order valence-electron chi connectivity index (χ0n) is 11.6. The Balaban J connectivity index is 2.29. The summed E-state index contributed by atoms with van der Waals surface area (Å²) in [6.45, 7) is -1.61. The van der Waals surface area contributed by atoms with Crippen molar-refractivity contribution in [3.05, 3.63) is 34.9 Å². The van der Waals surface area contributed by atoms with Crippen LogP contribution in [0.15, 0.2) is 24.3 Å². The first-order chi connectivity index (χ1) is 10.5. The van der Waals surface area contributed by atoms with Gasteiger partial charge in [-0.2, -0.15) is 26.3 Å². The third-order valence-corrected chi connectivity index (χ3v) is 4.10. The summed E-state index contributed by atoms with van der Waals surface area (Å²) in [6, 6.07) is 5.56. The normalized spacial score (nSPS) is 23.0. The molecule has 9 heteroatoms. The fourth-order valence-corrected chi connectivity index (χ4v) is 2.76. The quantitative estimate of drug-likeness (QED) is 0.674. The van der Waals surface area contributed by atoms with Crippen LogP contribution in [0.25, 0.3) is 0 Å². The monoisotopic (exact) mass is 359 g/mol. The lowest BCUT2D eigenvalue weighted by Crippen LogP contribution is -2.51. The molecule has 2 atom stereocenters. The maximum Gasteiger partial charge on any atom is 0.393 e. The molecule has 2 rings (SSSR count). The highest BCUT2D eigenvalue weighted by molar-refractivity contribution is 6.33. The Labute approximate surface area is 133 Å². The molecule has 0 saturated carbocycles. The van der Waals surface area contributed by atoms with Crippen LogP contribution in [0, 0.1) is 11.8 Å². The first-order valence-electron chi connectivity index (χ1n) is 6.67. The lowest BCUT2D eigenvalue weighted by molar-refractivity contribution is -0.226. The molecule has 1 aliphatic heterocycles. The largest absolute Gasteiger partial charge is 0.393 e. The summed E-state index contributed by atoms with van der Waals surface area (Å²) in [4.78, 5) is 12.9. The van der Waals surface area contributed by atoms with Crippen LogP contribution in [0.2, 0.25) is 5.02 Å². The van der Waals surface area contributed by atoms with E-state index < -0.39 is 49.6 Å². The molecular weight excluding hydrogens is 348 g/mol. The summed E-state index contributed by atoms with van der Waals surface area (Å²) >= 11 is 5.80. The van der Waals surface area contributed by atoms with E-state index in [4.69, 9.17) is 11.6 Å². The highest BCUT2D eigenvalue weighted by Gasteiger charge is 2.52. The number of carbonyl (C=O) groups excluding carboxylic acids is 1. The molecule has 0 bridgehead atoms. The fraction of sp³-hybridized carbons (Fsp3) is 0.500. The number of likely N-dealkylation sites (tertiary alicyclic amines) is 1. The van der Waals surface area contributed by atoms with Crippen molar-refractivity contribution in [2.24, 2.45) is 11.8 Å². The molecule has 1 aliphatic rings. The number of amides is 1. The van der Waals surface area contributed by atoms with Crippen LogP contribution < -0.4 is 0 Å². The number of carbonyl (C=O) groups is 1. The van der Waals surface area contributed by atoms with E-state index in [1.807, 2.05) is 0 Å². The minimum Gasteiger partial charge on any atom is -0.337 e. The van der Waals surface area contributed by atoms with Gasteiger partial charge in [-0.15, -0.1) is 0 Å².